The third kappa shape index (κ3) is 2.96. The van der Waals surface area contributed by atoms with Crippen LogP contribution >= 0.6 is 0 Å². The number of benzene rings is 2. The average Bonchev–Trinajstić information content (AvgIpc) is 2.52. The van der Waals surface area contributed by atoms with Crippen LogP contribution in [0.1, 0.15) is 22.7 Å². The first-order valence-corrected chi connectivity index (χ1v) is 7.34. The Hall–Kier alpha value is -2.19. The van der Waals surface area contributed by atoms with Crippen molar-refractivity contribution in [2.24, 2.45) is 0 Å². The number of aromatic nitrogens is 1. The highest BCUT2D eigenvalue weighted by Crippen LogP contribution is 2.25. The Kier molecular flexibility index (Phi) is 3.98. The van der Waals surface area contributed by atoms with E-state index in [1.165, 1.54) is 22.1 Å². The van der Waals surface area contributed by atoms with Crippen LogP contribution in [0.5, 0.6) is 0 Å². The molecule has 1 N–H and O–H groups in total. The average molecular weight is 276 g/mol. The van der Waals surface area contributed by atoms with Crippen molar-refractivity contribution < 1.29 is 0 Å². The van der Waals surface area contributed by atoms with Gasteiger partial charge in [-0.15, -0.1) is 0 Å². The topological polar surface area (TPSA) is 24.9 Å². The van der Waals surface area contributed by atoms with E-state index in [-0.39, 0.29) is 0 Å². The lowest BCUT2D eigenvalue weighted by atomic mass is 9.95. The number of aryl methyl sites for hydroxylation is 1. The number of likely N-dealkylation sites (N-methyl/N-ethyl adjacent to an activating group) is 1. The molecule has 2 nitrogen and oxygen atoms in total. The van der Waals surface area contributed by atoms with E-state index in [1.54, 1.807) is 0 Å². The standard InChI is InChI=1S/C19H20N2/c1-14-6-3-7-15(12-14)13-19(20-2)17-8-4-10-18-16(17)9-5-11-21-18/h3-12,19-20H,13H2,1-2H3. The molecule has 0 aliphatic heterocycles. The first-order valence-electron chi connectivity index (χ1n) is 7.34. The molecule has 0 saturated carbocycles. The van der Waals surface area contributed by atoms with E-state index >= 15 is 0 Å². The number of nitrogens with zero attached hydrogens (tertiary/aromatic N) is 1. The summed E-state index contributed by atoms with van der Waals surface area (Å²) in [6.07, 6.45) is 2.83. The summed E-state index contributed by atoms with van der Waals surface area (Å²) in [7, 11) is 2.02. The summed E-state index contributed by atoms with van der Waals surface area (Å²) in [4.78, 5) is 4.45. The fraction of sp³-hybridized carbons (Fsp3) is 0.211. The van der Waals surface area contributed by atoms with Crippen molar-refractivity contribution in [1.29, 1.82) is 0 Å². The van der Waals surface area contributed by atoms with Crippen molar-refractivity contribution in [2.75, 3.05) is 7.05 Å². The molecule has 3 rings (SSSR count). The predicted molar refractivity (Wildman–Crippen MR) is 88.4 cm³/mol. The molecule has 1 aromatic heterocycles. The molecular weight excluding hydrogens is 256 g/mol. The first kappa shape index (κ1) is 13.8. The van der Waals surface area contributed by atoms with Crippen LogP contribution in [-0.2, 0) is 6.42 Å². The molecule has 0 aliphatic carbocycles. The Balaban J connectivity index is 1.98. The van der Waals surface area contributed by atoms with Crippen LogP contribution < -0.4 is 5.32 Å². The van der Waals surface area contributed by atoms with Crippen molar-refractivity contribution in [1.82, 2.24) is 10.3 Å². The zero-order valence-corrected chi connectivity index (χ0v) is 12.5. The number of hydrogen-bond acceptors (Lipinski definition) is 2. The van der Waals surface area contributed by atoms with Gasteiger partial charge in [-0.1, -0.05) is 48.0 Å². The van der Waals surface area contributed by atoms with Gasteiger partial charge in [0.1, 0.15) is 0 Å². The molecule has 21 heavy (non-hydrogen) atoms. The number of nitrogens with one attached hydrogen (secondary N) is 1. The van der Waals surface area contributed by atoms with Gasteiger partial charge in [-0.3, -0.25) is 4.98 Å². The van der Waals surface area contributed by atoms with E-state index in [2.05, 4.69) is 65.8 Å². The molecule has 0 aliphatic rings. The van der Waals surface area contributed by atoms with Gasteiger partial charge in [0.05, 0.1) is 5.52 Å². The molecule has 0 spiro atoms. The molecule has 0 amide bonds. The summed E-state index contributed by atoms with van der Waals surface area (Å²) in [5.41, 5.74) is 5.03. The minimum absolute atomic E-state index is 0.291. The molecule has 0 saturated heterocycles. The summed E-state index contributed by atoms with van der Waals surface area (Å²) >= 11 is 0. The summed E-state index contributed by atoms with van der Waals surface area (Å²) in [5, 5.41) is 4.68. The van der Waals surface area contributed by atoms with Crippen molar-refractivity contribution in [3.8, 4) is 0 Å². The van der Waals surface area contributed by atoms with Crippen molar-refractivity contribution in [3.63, 3.8) is 0 Å². The van der Waals surface area contributed by atoms with Crippen LogP contribution in [0.2, 0.25) is 0 Å². The Morgan fingerprint density at radius 3 is 2.71 bits per heavy atom. The van der Waals surface area contributed by atoms with Gasteiger partial charge in [-0.25, -0.2) is 0 Å². The first-order chi connectivity index (χ1) is 10.3. The zero-order valence-electron chi connectivity index (χ0n) is 12.5. The minimum atomic E-state index is 0.291. The summed E-state index contributed by atoms with van der Waals surface area (Å²) < 4.78 is 0. The second kappa shape index (κ2) is 6.06. The largest absolute Gasteiger partial charge is 0.313 e. The van der Waals surface area contributed by atoms with Gasteiger partial charge in [0.15, 0.2) is 0 Å². The zero-order chi connectivity index (χ0) is 14.7. The number of rotatable bonds is 4. The Labute approximate surface area is 125 Å². The van der Waals surface area contributed by atoms with Gasteiger partial charge in [0.25, 0.3) is 0 Å². The van der Waals surface area contributed by atoms with Crippen LogP contribution in [0.4, 0.5) is 0 Å². The quantitative estimate of drug-likeness (QED) is 0.777. The third-order valence-corrected chi connectivity index (χ3v) is 3.93. The monoisotopic (exact) mass is 276 g/mol. The maximum absolute atomic E-state index is 4.45. The Morgan fingerprint density at radius 2 is 1.90 bits per heavy atom. The predicted octanol–water partition coefficient (Wildman–Crippen LogP) is 4.05. The number of hydrogen-bond donors (Lipinski definition) is 1. The van der Waals surface area contributed by atoms with Crippen molar-refractivity contribution >= 4 is 10.9 Å². The fourth-order valence-corrected chi connectivity index (χ4v) is 2.87. The molecule has 3 aromatic rings. The molecule has 0 fully saturated rings. The van der Waals surface area contributed by atoms with E-state index in [0.717, 1.165) is 11.9 Å². The summed E-state index contributed by atoms with van der Waals surface area (Å²) in [5.74, 6) is 0. The van der Waals surface area contributed by atoms with Crippen LogP contribution in [0.15, 0.2) is 60.8 Å². The van der Waals surface area contributed by atoms with Crippen LogP contribution in [0.25, 0.3) is 10.9 Å². The highest BCUT2D eigenvalue weighted by atomic mass is 14.9. The molecule has 1 heterocycles. The Morgan fingerprint density at radius 1 is 1.05 bits per heavy atom. The second-order valence-electron chi connectivity index (χ2n) is 5.45. The van der Waals surface area contributed by atoms with E-state index < -0.39 is 0 Å². The normalized spacial score (nSPS) is 12.5. The lowest BCUT2D eigenvalue weighted by molar-refractivity contribution is 0.596. The van der Waals surface area contributed by atoms with Gasteiger partial charge in [0.2, 0.25) is 0 Å². The maximum Gasteiger partial charge on any atom is 0.0705 e. The van der Waals surface area contributed by atoms with Gasteiger partial charge in [-0.05, 0) is 43.7 Å². The van der Waals surface area contributed by atoms with Crippen molar-refractivity contribution in [2.45, 2.75) is 19.4 Å². The van der Waals surface area contributed by atoms with Gasteiger partial charge in [0, 0.05) is 17.6 Å². The highest BCUT2D eigenvalue weighted by Gasteiger charge is 2.13. The van der Waals surface area contributed by atoms with E-state index in [1.807, 2.05) is 19.3 Å². The van der Waals surface area contributed by atoms with Gasteiger partial charge < -0.3 is 5.32 Å². The molecule has 0 radical (unpaired) electrons. The van der Waals surface area contributed by atoms with Gasteiger partial charge in [-0.2, -0.15) is 0 Å². The van der Waals surface area contributed by atoms with E-state index in [4.69, 9.17) is 0 Å². The van der Waals surface area contributed by atoms with E-state index in [0.29, 0.717) is 6.04 Å². The molecule has 1 atom stereocenters. The number of pyridine rings is 1. The van der Waals surface area contributed by atoms with Crippen LogP contribution in [0, 0.1) is 6.92 Å². The van der Waals surface area contributed by atoms with Gasteiger partial charge >= 0.3 is 0 Å². The molecule has 106 valence electrons. The molecular formula is C19H20N2. The molecule has 2 aromatic carbocycles. The van der Waals surface area contributed by atoms with Crippen LogP contribution in [-0.4, -0.2) is 12.0 Å². The molecule has 1 unspecified atom stereocenters. The molecule has 2 heteroatoms. The second-order valence-corrected chi connectivity index (χ2v) is 5.45. The lowest BCUT2D eigenvalue weighted by Gasteiger charge is -2.19. The smallest absolute Gasteiger partial charge is 0.0705 e. The fourth-order valence-electron chi connectivity index (χ4n) is 2.87. The van der Waals surface area contributed by atoms with Crippen LogP contribution in [0.3, 0.4) is 0 Å². The maximum atomic E-state index is 4.45. The summed E-state index contributed by atoms with van der Waals surface area (Å²) in [6.45, 7) is 2.14. The minimum Gasteiger partial charge on any atom is -0.313 e. The Bertz CT molecular complexity index is 744. The third-order valence-electron chi connectivity index (χ3n) is 3.93. The van der Waals surface area contributed by atoms with Crippen molar-refractivity contribution in [3.05, 3.63) is 77.5 Å². The lowest BCUT2D eigenvalue weighted by Crippen LogP contribution is -2.19. The number of fused-ring (bicyclic) bond motifs is 1. The highest BCUT2D eigenvalue weighted by molar-refractivity contribution is 5.82. The summed E-state index contributed by atoms with van der Waals surface area (Å²) in [6, 6.07) is 19.5. The SMILES string of the molecule is CNC(Cc1cccc(C)c1)c1cccc2ncccc12. The van der Waals surface area contributed by atoms with E-state index in [9.17, 15) is 0 Å². The molecule has 0 bridgehead atoms.